The topological polar surface area (TPSA) is 109 Å². The first-order valence-electron chi connectivity index (χ1n) is 12.3. The van der Waals surface area contributed by atoms with Crippen molar-refractivity contribution in [2.75, 3.05) is 67.3 Å². The summed E-state index contributed by atoms with van der Waals surface area (Å²) in [4.78, 5) is 23.7. The Morgan fingerprint density at radius 3 is 2.38 bits per heavy atom. The third-order valence-electron chi connectivity index (χ3n) is 7.12. The summed E-state index contributed by atoms with van der Waals surface area (Å²) < 4.78 is 21.1. The fourth-order valence-corrected chi connectivity index (χ4v) is 4.87. The second-order valence-corrected chi connectivity index (χ2v) is 9.90. The number of benzene rings is 1. The molecule has 12 heteroatoms. The SMILES string of the molecule is C[C@@H]1CN(c2cc(F)c(-c3cnc(N4CCOCC4)nc3)cc2Nc2ncnc(Cl)c2N)C[C@H](C)N1C. The number of halogens is 2. The maximum Gasteiger partial charge on any atom is 0.225 e. The standard InChI is InChI=1S/C25H31ClFN9O/c1-15-12-36(13-16(2)34(15)3)21-9-19(27)18(8-20(21)33-24-22(28)23(26)31-14-32-24)17-10-29-25(30-11-17)35-4-6-37-7-5-35/h8-11,14-16H,4-7,12-13,28H2,1-3H3,(H,31,32,33)/t15-,16+. The molecule has 5 rings (SSSR count). The molecule has 0 unspecified atom stereocenters. The molecule has 3 aromatic rings. The molecule has 196 valence electrons. The van der Waals surface area contributed by atoms with Crippen molar-refractivity contribution in [1.29, 1.82) is 0 Å². The van der Waals surface area contributed by atoms with Crippen molar-refractivity contribution in [3.63, 3.8) is 0 Å². The summed E-state index contributed by atoms with van der Waals surface area (Å²) >= 11 is 6.13. The summed E-state index contributed by atoms with van der Waals surface area (Å²) in [5, 5.41) is 3.42. The van der Waals surface area contributed by atoms with Crippen LogP contribution in [0.2, 0.25) is 5.15 Å². The Morgan fingerprint density at radius 2 is 1.70 bits per heavy atom. The van der Waals surface area contributed by atoms with Crippen molar-refractivity contribution in [1.82, 2.24) is 24.8 Å². The third-order valence-corrected chi connectivity index (χ3v) is 7.42. The molecule has 10 nitrogen and oxygen atoms in total. The summed E-state index contributed by atoms with van der Waals surface area (Å²) in [5.74, 6) is 0.593. The number of nitrogen functional groups attached to an aromatic ring is 1. The summed E-state index contributed by atoms with van der Waals surface area (Å²) in [7, 11) is 2.11. The van der Waals surface area contributed by atoms with Gasteiger partial charge >= 0.3 is 0 Å². The number of hydrogen-bond acceptors (Lipinski definition) is 10. The molecule has 2 atom stereocenters. The average Bonchev–Trinajstić information content (AvgIpc) is 2.91. The van der Waals surface area contributed by atoms with Gasteiger partial charge in [0.15, 0.2) is 11.0 Å². The lowest BCUT2D eigenvalue weighted by atomic mass is 10.0. The van der Waals surface area contributed by atoms with Crippen LogP contribution in [0.15, 0.2) is 30.9 Å². The van der Waals surface area contributed by atoms with Gasteiger partial charge in [0.25, 0.3) is 0 Å². The highest BCUT2D eigenvalue weighted by atomic mass is 35.5. The quantitative estimate of drug-likeness (QED) is 0.479. The fraction of sp³-hybridized carbons (Fsp3) is 0.440. The Labute approximate surface area is 220 Å². The van der Waals surface area contributed by atoms with Gasteiger partial charge in [0.05, 0.1) is 24.6 Å². The monoisotopic (exact) mass is 527 g/mol. The van der Waals surface area contributed by atoms with Gasteiger partial charge in [-0.1, -0.05) is 11.6 Å². The van der Waals surface area contributed by atoms with E-state index in [9.17, 15) is 0 Å². The molecular formula is C25H31ClFN9O. The maximum absolute atomic E-state index is 15.7. The molecular weight excluding hydrogens is 497 g/mol. The number of anilines is 5. The number of aromatic nitrogens is 4. The van der Waals surface area contributed by atoms with Crippen molar-refractivity contribution < 1.29 is 9.13 Å². The normalized spacial score (nSPS) is 20.8. The molecule has 37 heavy (non-hydrogen) atoms. The number of piperazine rings is 1. The van der Waals surface area contributed by atoms with Gasteiger partial charge in [-0.2, -0.15) is 0 Å². The summed E-state index contributed by atoms with van der Waals surface area (Å²) in [6, 6.07) is 3.89. The number of rotatable bonds is 5. The van der Waals surface area contributed by atoms with E-state index in [0.29, 0.717) is 59.6 Å². The minimum absolute atomic E-state index is 0.148. The van der Waals surface area contributed by atoms with Gasteiger partial charge in [-0.05, 0) is 33.0 Å². The highest BCUT2D eigenvalue weighted by Gasteiger charge is 2.29. The van der Waals surface area contributed by atoms with Gasteiger partial charge in [-0.15, -0.1) is 0 Å². The Balaban J connectivity index is 1.53. The average molecular weight is 528 g/mol. The first kappa shape index (κ1) is 25.4. The number of hydrogen-bond donors (Lipinski definition) is 2. The van der Waals surface area contributed by atoms with E-state index in [0.717, 1.165) is 26.2 Å². The van der Waals surface area contributed by atoms with Gasteiger partial charge in [-0.25, -0.2) is 24.3 Å². The Kier molecular flexibility index (Phi) is 7.27. The van der Waals surface area contributed by atoms with E-state index in [2.05, 4.69) is 60.8 Å². The molecule has 2 saturated heterocycles. The summed E-state index contributed by atoms with van der Waals surface area (Å²) in [5.41, 5.74) is 8.67. The predicted molar refractivity (Wildman–Crippen MR) is 144 cm³/mol. The van der Waals surface area contributed by atoms with E-state index in [-0.39, 0.29) is 16.7 Å². The zero-order valence-electron chi connectivity index (χ0n) is 21.2. The number of ether oxygens (including phenoxy) is 1. The van der Waals surface area contributed by atoms with E-state index >= 15 is 4.39 Å². The number of nitrogens with one attached hydrogen (secondary N) is 1. The van der Waals surface area contributed by atoms with Gasteiger partial charge in [0, 0.05) is 61.8 Å². The molecule has 3 N–H and O–H groups in total. The van der Waals surface area contributed by atoms with Crippen LogP contribution in [0.4, 0.5) is 33.2 Å². The number of morpholine rings is 1. The van der Waals surface area contributed by atoms with Gasteiger partial charge in [0.2, 0.25) is 5.95 Å². The highest BCUT2D eigenvalue weighted by Crippen LogP contribution is 2.38. The summed E-state index contributed by atoms with van der Waals surface area (Å²) in [6.45, 7) is 8.53. The molecule has 2 fully saturated rings. The van der Waals surface area contributed by atoms with E-state index in [1.54, 1.807) is 24.5 Å². The highest BCUT2D eigenvalue weighted by molar-refractivity contribution is 6.32. The predicted octanol–water partition coefficient (Wildman–Crippen LogP) is 3.42. The second-order valence-electron chi connectivity index (χ2n) is 9.54. The molecule has 0 saturated carbocycles. The molecule has 0 amide bonds. The first-order valence-corrected chi connectivity index (χ1v) is 12.7. The molecule has 1 aromatic carbocycles. The smallest absolute Gasteiger partial charge is 0.225 e. The van der Waals surface area contributed by atoms with Crippen LogP contribution in [0.3, 0.4) is 0 Å². The Bertz CT molecular complexity index is 1240. The minimum Gasteiger partial charge on any atom is -0.393 e. The van der Waals surface area contributed by atoms with Crippen LogP contribution in [0.5, 0.6) is 0 Å². The first-order chi connectivity index (χ1) is 17.8. The molecule has 2 aliphatic rings. The molecule has 2 aliphatic heterocycles. The van der Waals surface area contributed by atoms with E-state index in [4.69, 9.17) is 22.1 Å². The van der Waals surface area contributed by atoms with Crippen molar-refractivity contribution in [2.24, 2.45) is 0 Å². The van der Waals surface area contributed by atoms with E-state index in [1.165, 1.54) is 6.33 Å². The Hall–Kier alpha value is -3.28. The van der Waals surface area contributed by atoms with Crippen LogP contribution in [0.25, 0.3) is 11.1 Å². The van der Waals surface area contributed by atoms with Crippen LogP contribution >= 0.6 is 11.6 Å². The second kappa shape index (κ2) is 10.6. The van der Waals surface area contributed by atoms with Crippen LogP contribution in [-0.4, -0.2) is 83.4 Å². The Morgan fingerprint density at radius 1 is 1.03 bits per heavy atom. The van der Waals surface area contributed by atoms with Crippen molar-refractivity contribution >= 4 is 40.4 Å². The zero-order chi connectivity index (χ0) is 26.1. The number of nitrogens with zero attached hydrogens (tertiary/aromatic N) is 7. The number of nitrogens with two attached hydrogens (primary N) is 1. The molecule has 0 aliphatic carbocycles. The van der Waals surface area contributed by atoms with Crippen molar-refractivity contribution in [3.05, 3.63) is 41.8 Å². The van der Waals surface area contributed by atoms with Gasteiger partial charge in [0.1, 0.15) is 17.8 Å². The van der Waals surface area contributed by atoms with Crippen molar-refractivity contribution in [2.45, 2.75) is 25.9 Å². The molecule has 2 aromatic heterocycles. The van der Waals surface area contributed by atoms with Crippen LogP contribution in [-0.2, 0) is 4.74 Å². The minimum atomic E-state index is -0.365. The van der Waals surface area contributed by atoms with E-state index in [1.807, 2.05) is 0 Å². The van der Waals surface area contributed by atoms with Crippen LogP contribution in [0.1, 0.15) is 13.8 Å². The third kappa shape index (κ3) is 5.25. The molecule has 0 spiro atoms. The zero-order valence-corrected chi connectivity index (χ0v) is 21.9. The van der Waals surface area contributed by atoms with Gasteiger partial charge in [-0.3, -0.25) is 4.90 Å². The lowest BCUT2D eigenvalue weighted by Crippen LogP contribution is -2.55. The summed E-state index contributed by atoms with van der Waals surface area (Å²) in [6.07, 6.45) is 4.63. The fourth-order valence-electron chi connectivity index (χ4n) is 4.74. The molecule has 4 heterocycles. The van der Waals surface area contributed by atoms with Crippen LogP contribution < -0.4 is 20.9 Å². The lowest BCUT2D eigenvalue weighted by Gasteiger charge is -2.44. The maximum atomic E-state index is 15.7. The molecule has 0 radical (unpaired) electrons. The lowest BCUT2D eigenvalue weighted by molar-refractivity contribution is 0.122. The van der Waals surface area contributed by atoms with E-state index < -0.39 is 0 Å². The largest absolute Gasteiger partial charge is 0.393 e. The van der Waals surface area contributed by atoms with Gasteiger partial charge < -0.3 is 25.6 Å². The van der Waals surface area contributed by atoms with Crippen molar-refractivity contribution in [3.8, 4) is 11.1 Å². The number of likely N-dealkylation sites (N-methyl/N-ethyl adjacent to an activating group) is 1. The molecule has 0 bridgehead atoms. The van der Waals surface area contributed by atoms with Crippen LogP contribution in [0, 0.1) is 5.82 Å².